The molecule has 0 aromatic heterocycles. The number of hydrogen-bond acceptors (Lipinski definition) is 1. The Bertz CT molecular complexity index is 631. The number of Topliss-reactive ketones (excluding diaryl/α,β-unsaturated/α-hetero) is 1. The molecule has 0 heterocycles. The smallest absolute Gasteiger partial charge is 0.193 e. The fourth-order valence-electron chi connectivity index (χ4n) is 2.63. The summed E-state index contributed by atoms with van der Waals surface area (Å²) in [5, 5.41) is 0.369. The summed E-state index contributed by atoms with van der Waals surface area (Å²) < 4.78 is 0.921. The molecule has 98 valence electrons. The summed E-state index contributed by atoms with van der Waals surface area (Å²) in [5.74, 6) is 0.0607. The van der Waals surface area contributed by atoms with Gasteiger partial charge in [0, 0.05) is 20.6 Å². The quantitative estimate of drug-likeness (QED) is 0.596. The zero-order chi connectivity index (χ0) is 13.6. The van der Waals surface area contributed by atoms with Crippen molar-refractivity contribution in [1.29, 1.82) is 0 Å². The van der Waals surface area contributed by atoms with Crippen molar-refractivity contribution in [1.82, 2.24) is 0 Å². The van der Waals surface area contributed by atoms with E-state index in [0.717, 1.165) is 39.6 Å². The number of allylic oxidation sites excluding steroid dienone is 4. The third kappa shape index (κ3) is 2.42. The first-order valence-corrected chi connectivity index (χ1v) is 7.73. The second-order valence-corrected chi connectivity index (χ2v) is 6.73. The molecule has 1 atom stereocenters. The van der Waals surface area contributed by atoms with Crippen LogP contribution in [-0.4, -0.2) is 11.2 Å². The molecule has 1 unspecified atom stereocenters. The van der Waals surface area contributed by atoms with Gasteiger partial charge in [0.25, 0.3) is 0 Å². The van der Waals surface area contributed by atoms with Crippen LogP contribution in [-0.2, 0) is 6.42 Å². The second-order valence-electron chi connectivity index (χ2n) is 4.85. The molecule has 0 fully saturated rings. The number of fused-ring (bicyclic) bond motifs is 1. The van der Waals surface area contributed by atoms with Crippen LogP contribution in [0.3, 0.4) is 0 Å². The Morgan fingerprint density at radius 1 is 1.26 bits per heavy atom. The maximum atomic E-state index is 12.7. The average molecular weight is 358 g/mol. The average Bonchev–Trinajstić information content (AvgIpc) is 2.50. The van der Waals surface area contributed by atoms with Crippen LogP contribution in [0.5, 0.6) is 0 Å². The van der Waals surface area contributed by atoms with E-state index in [1.807, 2.05) is 18.2 Å². The lowest BCUT2D eigenvalue weighted by Crippen LogP contribution is -2.13. The van der Waals surface area contributed by atoms with Gasteiger partial charge in [0.2, 0.25) is 0 Å². The van der Waals surface area contributed by atoms with Crippen molar-refractivity contribution in [2.45, 2.75) is 24.6 Å². The van der Waals surface area contributed by atoms with Crippen LogP contribution in [0, 0.1) is 0 Å². The summed E-state index contributed by atoms with van der Waals surface area (Å²) in [6.45, 7) is 0. The number of aryl methyl sites for hydroxylation is 1. The third-order valence-electron chi connectivity index (χ3n) is 3.65. The number of rotatable bonds is 0. The third-order valence-corrected chi connectivity index (χ3v) is 5.01. The number of halogens is 3. The number of benzene rings is 1. The highest BCUT2D eigenvalue weighted by molar-refractivity contribution is 9.10. The standard InChI is InChI=1S/C15H11BrCl2O/c16-10-4-3-8-1-2-9-5-13(17)14(18)7-12(9)15(19)11(8)6-10/h3-4,6-7,13H,1-2,5H2. The first-order chi connectivity index (χ1) is 9.06. The van der Waals surface area contributed by atoms with Gasteiger partial charge in [0.05, 0.1) is 5.38 Å². The van der Waals surface area contributed by atoms with Crippen LogP contribution >= 0.6 is 39.1 Å². The van der Waals surface area contributed by atoms with Crippen molar-refractivity contribution in [3.05, 3.63) is 56.1 Å². The van der Waals surface area contributed by atoms with Crippen LogP contribution in [0.1, 0.15) is 28.8 Å². The van der Waals surface area contributed by atoms with Crippen molar-refractivity contribution >= 4 is 44.9 Å². The summed E-state index contributed by atoms with van der Waals surface area (Å²) in [6.07, 6.45) is 4.17. The minimum absolute atomic E-state index is 0.0607. The van der Waals surface area contributed by atoms with Gasteiger partial charge in [-0.3, -0.25) is 4.79 Å². The SMILES string of the molecule is O=C1C2=C(CCc3ccc(Br)cc31)CC(Cl)C(Cl)=C2. The second kappa shape index (κ2) is 5.08. The minimum atomic E-state index is -0.193. The van der Waals surface area contributed by atoms with Crippen LogP contribution in [0.4, 0.5) is 0 Å². The number of carbonyl (C=O) groups is 1. The monoisotopic (exact) mass is 356 g/mol. The number of alkyl halides is 1. The first-order valence-electron chi connectivity index (χ1n) is 6.12. The molecule has 2 aliphatic rings. The Morgan fingerprint density at radius 2 is 2.05 bits per heavy atom. The number of ketones is 1. The maximum Gasteiger partial charge on any atom is 0.193 e. The molecule has 1 nitrogen and oxygen atoms in total. The van der Waals surface area contributed by atoms with Crippen LogP contribution < -0.4 is 0 Å². The molecule has 4 heteroatoms. The van der Waals surface area contributed by atoms with Gasteiger partial charge in [-0.2, -0.15) is 0 Å². The molecule has 3 rings (SSSR count). The molecular formula is C15H11BrCl2O. The molecule has 0 aliphatic heterocycles. The van der Waals surface area contributed by atoms with Gasteiger partial charge in [0.1, 0.15) is 0 Å². The van der Waals surface area contributed by atoms with E-state index >= 15 is 0 Å². The van der Waals surface area contributed by atoms with E-state index in [9.17, 15) is 4.79 Å². The topological polar surface area (TPSA) is 17.1 Å². The Labute approximate surface area is 130 Å². The van der Waals surface area contributed by atoms with Gasteiger partial charge in [-0.1, -0.05) is 39.2 Å². The molecule has 1 aromatic carbocycles. The molecule has 0 saturated carbocycles. The van der Waals surface area contributed by atoms with Crippen molar-refractivity contribution in [2.24, 2.45) is 0 Å². The van der Waals surface area contributed by atoms with E-state index in [4.69, 9.17) is 23.2 Å². The molecule has 0 saturated heterocycles. The van der Waals surface area contributed by atoms with Gasteiger partial charge in [-0.15, -0.1) is 11.6 Å². The van der Waals surface area contributed by atoms with E-state index in [0.29, 0.717) is 11.5 Å². The fraction of sp³-hybridized carbons (Fsp3) is 0.267. The van der Waals surface area contributed by atoms with Crippen LogP contribution in [0.25, 0.3) is 0 Å². The number of hydrogen-bond donors (Lipinski definition) is 0. The highest BCUT2D eigenvalue weighted by atomic mass is 79.9. The molecule has 0 spiro atoms. The molecule has 0 bridgehead atoms. The Hall–Kier alpha value is -0.570. The largest absolute Gasteiger partial charge is 0.289 e. The predicted octanol–water partition coefficient (Wildman–Crippen LogP) is 5.01. The summed E-state index contributed by atoms with van der Waals surface area (Å²) in [6, 6.07) is 5.88. The van der Waals surface area contributed by atoms with Gasteiger partial charge in [-0.05, 0) is 43.0 Å². The van der Waals surface area contributed by atoms with E-state index in [1.165, 1.54) is 0 Å². The molecular weight excluding hydrogens is 347 g/mol. The first kappa shape index (κ1) is 13.4. The normalized spacial score (nSPS) is 22.6. The Balaban J connectivity index is 2.11. The number of carbonyl (C=O) groups excluding carboxylic acids is 1. The van der Waals surface area contributed by atoms with Crippen molar-refractivity contribution in [3.63, 3.8) is 0 Å². The molecule has 1 aromatic rings. The van der Waals surface area contributed by atoms with Crippen molar-refractivity contribution < 1.29 is 4.79 Å². The zero-order valence-corrected chi connectivity index (χ0v) is 13.1. The van der Waals surface area contributed by atoms with E-state index in [2.05, 4.69) is 15.9 Å². The highest BCUT2D eigenvalue weighted by Crippen LogP contribution is 2.37. The molecule has 19 heavy (non-hydrogen) atoms. The van der Waals surface area contributed by atoms with Crippen molar-refractivity contribution in [2.75, 3.05) is 0 Å². The Morgan fingerprint density at radius 3 is 2.84 bits per heavy atom. The van der Waals surface area contributed by atoms with Gasteiger partial charge in [0.15, 0.2) is 5.78 Å². The summed E-state index contributed by atoms with van der Waals surface area (Å²) in [7, 11) is 0. The lowest BCUT2D eigenvalue weighted by Gasteiger charge is -2.19. The lowest BCUT2D eigenvalue weighted by atomic mass is 9.92. The Kier molecular flexibility index (Phi) is 3.59. The van der Waals surface area contributed by atoms with E-state index in [-0.39, 0.29) is 11.2 Å². The molecule has 2 aliphatic carbocycles. The summed E-state index contributed by atoms with van der Waals surface area (Å²) in [4.78, 5) is 12.7. The van der Waals surface area contributed by atoms with Gasteiger partial charge in [-0.25, -0.2) is 0 Å². The fourth-order valence-corrected chi connectivity index (χ4v) is 3.42. The van der Waals surface area contributed by atoms with Gasteiger partial charge >= 0.3 is 0 Å². The summed E-state index contributed by atoms with van der Waals surface area (Å²) in [5.41, 5.74) is 3.73. The molecule has 0 N–H and O–H groups in total. The van der Waals surface area contributed by atoms with Gasteiger partial charge < -0.3 is 0 Å². The van der Waals surface area contributed by atoms with E-state index in [1.54, 1.807) is 6.08 Å². The van der Waals surface area contributed by atoms with Crippen LogP contribution in [0.15, 0.2) is 44.9 Å². The minimum Gasteiger partial charge on any atom is -0.289 e. The van der Waals surface area contributed by atoms with E-state index < -0.39 is 0 Å². The lowest BCUT2D eigenvalue weighted by molar-refractivity contribution is 0.103. The molecule has 0 radical (unpaired) electrons. The van der Waals surface area contributed by atoms with Crippen molar-refractivity contribution in [3.8, 4) is 0 Å². The highest BCUT2D eigenvalue weighted by Gasteiger charge is 2.28. The zero-order valence-electron chi connectivity index (χ0n) is 10.1. The maximum absolute atomic E-state index is 12.7. The summed E-state index contributed by atoms with van der Waals surface area (Å²) >= 11 is 15.7. The van der Waals surface area contributed by atoms with Crippen LogP contribution in [0.2, 0.25) is 0 Å². The predicted molar refractivity (Wildman–Crippen MR) is 82.0 cm³/mol. The molecule has 0 amide bonds.